The van der Waals surface area contributed by atoms with E-state index in [1.165, 1.54) is 0 Å². The molecule has 0 saturated carbocycles. The van der Waals surface area contributed by atoms with Gasteiger partial charge in [0.05, 0.1) is 21.9 Å². The fourth-order valence-electron chi connectivity index (χ4n) is 3.60. The molecule has 30 heavy (non-hydrogen) atoms. The average Bonchev–Trinajstić information content (AvgIpc) is 2.79. The lowest BCUT2D eigenvalue weighted by molar-refractivity contribution is 0.0988. The van der Waals surface area contributed by atoms with Gasteiger partial charge >= 0.3 is 0 Å². The molecular formula is C25H17BrN2O2. The van der Waals surface area contributed by atoms with Gasteiger partial charge in [-0.15, -0.1) is 0 Å². The Morgan fingerprint density at radius 3 is 2.20 bits per heavy atom. The second-order valence-corrected chi connectivity index (χ2v) is 7.80. The SMILES string of the molecule is CCC(=O)c1ccc(Oc2nc3ccccc3c3nc4ccccc4c(Br)c23)cc1. The lowest BCUT2D eigenvalue weighted by Crippen LogP contribution is -1.97. The molecule has 0 unspecified atom stereocenters. The third kappa shape index (κ3) is 3.12. The predicted octanol–water partition coefficient (Wildman–Crippen LogP) is 7.08. The van der Waals surface area contributed by atoms with Crippen molar-refractivity contribution in [2.75, 3.05) is 0 Å². The zero-order valence-corrected chi connectivity index (χ0v) is 17.8. The number of aromatic nitrogens is 2. The van der Waals surface area contributed by atoms with Crippen molar-refractivity contribution >= 4 is 54.4 Å². The number of halogens is 1. The molecule has 0 atom stereocenters. The summed E-state index contributed by atoms with van der Waals surface area (Å²) in [5.74, 6) is 1.20. The topological polar surface area (TPSA) is 52.1 Å². The quantitative estimate of drug-likeness (QED) is 0.164. The van der Waals surface area contributed by atoms with Crippen molar-refractivity contribution in [1.82, 2.24) is 9.97 Å². The number of hydrogen-bond donors (Lipinski definition) is 0. The van der Waals surface area contributed by atoms with E-state index in [-0.39, 0.29) is 5.78 Å². The Morgan fingerprint density at radius 1 is 0.867 bits per heavy atom. The van der Waals surface area contributed by atoms with E-state index in [1.807, 2.05) is 55.5 Å². The monoisotopic (exact) mass is 456 g/mol. The minimum Gasteiger partial charge on any atom is -0.438 e. The lowest BCUT2D eigenvalue weighted by atomic mass is 10.1. The van der Waals surface area contributed by atoms with Crippen LogP contribution in [0.5, 0.6) is 11.6 Å². The Balaban J connectivity index is 1.74. The van der Waals surface area contributed by atoms with Crippen LogP contribution < -0.4 is 4.74 Å². The van der Waals surface area contributed by atoms with E-state index in [2.05, 4.69) is 15.9 Å². The number of carbonyl (C=O) groups is 1. The average molecular weight is 457 g/mol. The third-order valence-electron chi connectivity index (χ3n) is 5.14. The highest BCUT2D eigenvalue weighted by Gasteiger charge is 2.17. The number of ether oxygens (including phenoxy) is 1. The summed E-state index contributed by atoms with van der Waals surface area (Å²) < 4.78 is 7.10. The molecule has 2 aromatic heterocycles. The molecule has 3 aromatic carbocycles. The highest BCUT2D eigenvalue weighted by atomic mass is 79.9. The van der Waals surface area contributed by atoms with Crippen LogP contribution in [0.25, 0.3) is 32.7 Å². The van der Waals surface area contributed by atoms with E-state index in [0.29, 0.717) is 23.6 Å². The van der Waals surface area contributed by atoms with Gasteiger partial charge in [-0.1, -0.05) is 43.3 Å². The van der Waals surface area contributed by atoms with Crippen LogP contribution in [0.4, 0.5) is 0 Å². The molecule has 0 radical (unpaired) electrons. The van der Waals surface area contributed by atoms with Crippen molar-refractivity contribution in [3.8, 4) is 11.6 Å². The third-order valence-corrected chi connectivity index (χ3v) is 5.96. The molecular weight excluding hydrogens is 440 g/mol. The molecule has 2 heterocycles. The highest BCUT2D eigenvalue weighted by molar-refractivity contribution is 9.10. The summed E-state index contributed by atoms with van der Waals surface area (Å²) >= 11 is 3.77. The van der Waals surface area contributed by atoms with Gasteiger partial charge in [0.15, 0.2) is 5.78 Å². The van der Waals surface area contributed by atoms with Crippen molar-refractivity contribution in [2.24, 2.45) is 0 Å². The van der Waals surface area contributed by atoms with Crippen LogP contribution in [0.3, 0.4) is 0 Å². The fourth-order valence-corrected chi connectivity index (χ4v) is 4.29. The second kappa shape index (κ2) is 7.50. The Labute approximate surface area is 181 Å². The smallest absolute Gasteiger partial charge is 0.230 e. The zero-order valence-electron chi connectivity index (χ0n) is 16.2. The minimum absolute atomic E-state index is 0.106. The maximum Gasteiger partial charge on any atom is 0.230 e. The number of Topliss-reactive ketones (excluding diaryl/α,β-unsaturated/α-hetero) is 1. The van der Waals surface area contributed by atoms with Gasteiger partial charge in [0.25, 0.3) is 0 Å². The molecule has 0 aliphatic heterocycles. The predicted molar refractivity (Wildman–Crippen MR) is 123 cm³/mol. The van der Waals surface area contributed by atoms with Crippen molar-refractivity contribution < 1.29 is 9.53 Å². The number of carbonyl (C=O) groups excluding carboxylic acids is 1. The van der Waals surface area contributed by atoms with Crippen molar-refractivity contribution in [3.63, 3.8) is 0 Å². The van der Waals surface area contributed by atoms with Gasteiger partial charge in [0.1, 0.15) is 5.75 Å². The maximum absolute atomic E-state index is 11.9. The normalized spacial score (nSPS) is 11.3. The van der Waals surface area contributed by atoms with Crippen molar-refractivity contribution in [2.45, 2.75) is 13.3 Å². The maximum atomic E-state index is 11.9. The fraction of sp³-hybridized carbons (Fsp3) is 0.0800. The van der Waals surface area contributed by atoms with Gasteiger partial charge in [-0.05, 0) is 52.3 Å². The van der Waals surface area contributed by atoms with E-state index in [1.54, 1.807) is 24.3 Å². The number of hydrogen-bond acceptors (Lipinski definition) is 4. The van der Waals surface area contributed by atoms with E-state index in [4.69, 9.17) is 14.7 Å². The lowest BCUT2D eigenvalue weighted by Gasteiger charge is -2.13. The van der Waals surface area contributed by atoms with E-state index in [0.717, 1.165) is 37.2 Å². The van der Waals surface area contributed by atoms with Crippen LogP contribution in [-0.4, -0.2) is 15.8 Å². The van der Waals surface area contributed by atoms with E-state index in [9.17, 15) is 4.79 Å². The Hall–Kier alpha value is -3.31. The van der Waals surface area contributed by atoms with Gasteiger partial charge in [0, 0.05) is 27.2 Å². The van der Waals surface area contributed by atoms with Gasteiger partial charge in [-0.3, -0.25) is 4.79 Å². The molecule has 0 saturated heterocycles. The van der Waals surface area contributed by atoms with Crippen LogP contribution >= 0.6 is 15.9 Å². The summed E-state index contributed by atoms with van der Waals surface area (Å²) in [6.07, 6.45) is 0.475. The summed E-state index contributed by atoms with van der Waals surface area (Å²) in [5, 5.41) is 2.78. The molecule has 146 valence electrons. The van der Waals surface area contributed by atoms with E-state index >= 15 is 0 Å². The first-order chi connectivity index (χ1) is 14.7. The van der Waals surface area contributed by atoms with Crippen LogP contribution in [0.1, 0.15) is 23.7 Å². The summed E-state index contributed by atoms with van der Waals surface area (Å²) in [6, 6.07) is 23.1. The number of nitrogens with zero attached hydrogens (tertiary/aromatic N) is 2. The molecule has 4 nitrogen and oxygen atoms in total. The first kappa shape index (κ1) is 18.7. The highest BCUT2D eigenvalue weighted by Crippen LogP contribution is 2.40. The molecule has 5 aromatic rings. The number of rotatable bonds is 4. The number of ketones is 1. The first-order valence-corrected chi connectivity index (χ1v) is 10.5. The van der Waals surface area contributed by atoms with Gasteiger partial charge < -0.3 is 4.74 Å². The van der Waals surface area contributed by atoms with E-state index < -0.39 is 0 Å². The Morgan fingerprint density at radius 2 is 1.50 bits per heavy atom. The summed E-state index contributed by atoms with van der Waals surface area (Å²) in [4.78, 5) is 21.6. The minimum atomic E-state index is 0.106. The first-order valence-electron chi connectivity index (χ1n) is 9.73. The molecule has 0 aliphatic carbocycles. The van der Waals surface area contributed by atoms with Gasteiger partial charge in [-0.2, -0.15) is 0 Å². The molecule has 0 bridgehead atoms. The Bertz CT molecular complexity index is 1430. The Kier molecular flexibility index (Phi) is 4.68. The summed E-state index contributed by atoms with van der Waals surface area (Å²) in [6.45, 7) is 1.85. The van der Waals surface area contributed by atoms with Crippen LogP contribution in [0.15, 0.2) is 77.3 Å². The number of para-hydroxylation sites is 2. The van der Waals surface area contributed by atoms with Crippen LogP contribution in [-0.2, 0) is 0 Å². The van der Waals surface area contributed by atoms with Crippen LogP contribution in [0, 0.1) is 0 Å². The van der Waals surface area contributed by atoms with Crippen LogP contribution in [0.2, 0.25) is 0 Å². The second-order valence-electron chi connectivity index (χ2n) is 7.00. The molecule has 0 aliphatic rings. The van der Waals surface area contributed by atoms with Crippen molar-refractivity contribution in [3.05, 3.63) is 82.8 Å². The van der Waals surface area contributed by atoms with Crippen molar-refractivity contribution in [1.29, 1.82) is 0 Å². The number of fused-ring (bicyclic) bond motifs is 4. The van der Waals surface area contributed by atoms with Gasteiger partial charge in [0.2, 0.25) is 5.88 Å². The molecule has 5 rings (SSSR count). The van der Waals surface area contributed by atoms with Gasteiger partial charge in [-0.25, -0.2) is 9.97 Å². The molecule has 0 fully saturated rings. The number of benzene rings is 3. The number of pyridine rings is 2. The molecule has 5 heteroatoms. The molecule has 0 N–H and O–H groups in total. The molecule has 0 spiro atoms. The standard InChI is InChI=1S/C25H17BrN2O2/c1-2-21(29)15-11-13-16(14-12-15)30-25-22-23(26)17-7-3-5-9-19(17)27-24(22)18-8-4-6-10-20(18)28-25/h3-14H,2H2,1H3. The largest absolute Gasteiger partial charge is 0.438 e. The summed E-state index contributed by atoms with van der Waals surface area (Å²) in [5.41, 5.74) is 3.23. The summed E-state index contributed by atoms with van der Waals surface area (Å²) in [7, 11) is 0. The zero-order chi connectivity index (χ0) is 20.7. The molecule has 0 amide bonds.